The van der Waals surface area contributed by atoms with Gasteiger partial charge in [0.1, 0.15) is 4.99 Å². The van der Waals surface area contributed by atoms with E-state index in [4.69, 9.17) is 18.0 Å². The molecule has 0 aliphatic carbocycles. The van der Waals surface area contributed by atoms with Gasteiger partial charge >= 0.3 is 0 Å². The first-order chi connectivity index (χ1) is 9.74. The lowest BCUT2D eigenvalue weighted by atomic mass is 10.0. The van der Waals surface area contributed by atoms with Gasteiger partial charge in [-0.15, -0.1) is 0 Å². The lowest BCUT2D eigenvalue weighted by Gasteiger charge is -2.23. The first-order valence-corrected chi connectivity index (χ1v) is 7.22. The van der Waals surface area contributed by atoms with E-state index in [1.165, 1.54) is 11.1 Å². The average Bonchev–Trinajstić information content (AvgIpc) is 2.69. The van der Waals surface area contributed by atoms with Crippen LogP contribution >= 0.6 is 12.2 Å². The van der Waals surface area contributed by atoms with Crippen molar-refractivity contribution < 1.29 is 0 Å². The first-order valence-electron chi connectivity index (χ1n) is 6.81. The number of aryl methyl sites for hydroxylation is 1. The lowest BCUT2D eigenvalue weighted by Crippen LogP contribution is -2.23. The molecular weight excluding hydrogens is 266 g/mol. The van der Waals surface area contributed by atoms with E-state index in [9.17, 15) is 0 Å². The van der Waals surface area contributed by atoms with Gasteiger partial charge in [0.2, 0.25) is 0 Å². The average molecular weight is 283 g/mol. The van der Waals surface area contributed by atoms with E-state index in [-0.39, 0.29) is 0 Å². The molecule has 0 bridgehead atoms. The molecule has 1 aromatic heterocycles. The minimum absolute atomic E-state index is 0.349. The molecule has 1 aliphatic heterocycles. The molecule has 2 N–H and O–H groups in total. The molecule has 0 atom stereocenters. The van der Waals surface area contributed by atoms with E-state index in [1.807, 2.05) is 12.1 Å². The molecule has 1 aromatic carbocycles. The van der Waals surface area contributed by atoms with Crippen LogP contribution in [0.15, 0.2) is 42.6 Å². The Balaban J connectivity index is 1.91. The van der Waals surface area contributed by atoms with Gasteiger partial charge in [0.15, 0.2) is 0 Å². The molecule has 0 amide bonds. The van der Waals surface area contributed by atoms with E-state index in [0.29, 0.717) is 10.7 Å². The summed E-state index contributed by atoms with van der Waals surface area (Å²) >= 11 is 5.01. The Morgan fingerprint density at radius 1 is 1.20 bits per heavy atom. The summed E-state index contributed by atoms with van der Waals surface area (Å²) in [5, 5.41) is 0. The highest BCUT2D eigenvalue weighted by atomic mass is 32.1. The molecule has 0 unspecified atom stereocenters. The summed E-state index contributed by atoms with van der Waals surface area (Å²) in [4.78, 5) is 6.93. The number of nitrogens with two attached hydrogens (primary N) is 1. The number of anilines is 1. The highest BCUT2D eigenvalue weighted by Gasteiger charge is 2.15. The van der Waals surface area contributed by atoms with Crippen LogP contribution in [0.5, 0.6) is 0 Å². The van der Waals surface area contributed by atoms with Gasteiger partial charge in [0.25, 0.3) is 0 Å². The lowest BCUT2D eigenvalue weighted by molar-refractivity contribution is 0.765. The van der Waals surface area contributed by atoms with Crippen LogP contribution in [0.1, 0.15) is 23.2 Å². The predicted octanol–water partition coefficient (Wildman–Crippen LogP) is 2.67. The quantitative estimate of drug-likeness (QED) is 0.861. The van der Waals surface area contributed by atoms with E-state index < -0.39 is 0 Å². The molecule has 3 rings (SSSR count). The van der Waals surface area contributed by atoms with Gasteiger partial charge < -0.3 is 10.6 Å². The number of pyridine rings is 1. The third-order valence-electron chi connectivity index (χ3n) is 3.71. The Labute approximate surface area is 124 Å². The number of benzene rings is 1. The van der Waals surface area contributed by atoms with Gasteiger partial charge in [-0.25, -0.2) is 0 Å². The third kappa shape index (κ3) is 2.65. The van der Waals surface area contributed by atoms with Crippen molar-refractivity contribution in [2.45, 2.75) is 19.4 Å². The Bertz CT molecular complexity index is 639. The van der Waals surface area contributed by atoms with Crippen molar-refractivity contribution in [3.8, 4) is 0 Å². The minimum Gasteiger partial charge on any atom is -0.388 e. The molecule has 2 heterocycles. The van der Waals surface area contributed by atoms with Crippen molar-refractivity contribution in [3.05, 3.63) is 59.4 Å². The van der Waals surface area contributed by atoms with Crippen molar-refractivity contribution in [3.63, 3.8) is 0 Å². The van der Waals surface area contributed by atoms with Crippen LogP contribution in [0, 0.1) is 0 Å². The van der Waals surface area contributed by atoms with Crippen LogP contribution < -0.4 is 10.6 Å². The molecule has 0 fully saturated rings. The number of aromatic nitrogens is 1. The number of rotatable bonds is 2. The fraction of sp³-hybridized carbons (Fsp3) is 0.250. The van der Waals surface area contributed by atoms with Crippen LogP contribution in [0.2, 0.25) is 0 Å². The summed E-state index contributed by atoms with van der Waals surface area (Å²) in [5.74, 6) is 0. The summed E-state index contributed by atoms with van der Waals surface area (Å²) in [6.45, 7) is 1.96. The number of fused-ring (bicyclic) bond motifs is 1. The smallest absolute Gasteiger partial charge is 0.122 e. The van der Waals surface area contributed by atoms with Gasteiger partial charge in [0.05, 0.1) is 5.69 Å². The predicted molar refractivity (Wildman–Crippen MR) is 85.9 cm³/mol. The van der Waals surface area contributed by atoms with Crippen LogP contribution in [0.3, 0.4) is 0 Å². The molecule has 0 saturated heterocycles. The summed E-state index contributed by atoms with van der Waals surface area (Å²) in [5.41, 5.74) is 10.4. The second-order valence-electron chi connectivity index (χ2n) is 5.06. The fourth-order valence-corrected chi connectivity index (χ4v) is 2.78. The topological polar surface area (TPSA) is 42.1 Å². The van der Waals surface area contributed by atoms with Crippen LogP contribution in [0.4, 0.5) is 5.69 Å². The zero-order valence-electron chi connectivity index (χ0n) is 11.2. The Hall–Kier alpha value is -1.94. The normalized spacial score (nSPS) is 14.5. The number of hydrogen-bond acceptors (Lipinski definition) is 3. The van der Waals surface area contributed by atoms with Crippen LogP contribution in [-0.2, 0) is 13.0 Å². The van der Waals surface area contributed by atoms with Crippen LogP contribution in [-0.4, -0.2) is 16.5 Å². The molecule has 3 nitrogen and oxygen atoms in total. The standard InChI is InChI=1S/C16H17N3S/c17-16(20)15-10-14(7-8-18-15)19-9-3-6-12-4-1-2-5-13(12)11-19/h1-2,4-5,7-8,10H,3,6,9,11H2,(H2,17,20). The molecule has 1 aliphatic rings. The summed E-state index contributed by atoms with van der Waals surface area (Å²) in [6, 6.07) is 12.7. The van der Waals surface area contributed by atoms with Crippen molar-refractivity contribution >= 4 is 22.9 Å². The zero-order valence-corrected chi connectivity index (χ0v) is 12.1. The molecule has 0 spiro atoms. The number of hydrogen-bond donors (Lipinski definition) is 1. The van der Waals surface area contributed by atoms with Crippen molar-refractivity contribution in [1.82, 2.24) is 4.98 Å². The van der Waals surface area contributed by atoms with E-state index in [2.05, 4.69) is 34.1 Å². The van der Waals surface area contributed by atoms with Gasteiger partial charge in [-0.2, -0.15) is 0 Å². The molecular formula is C16H17N3S. The highest BCUT2D eigenvalue weighted by Crippen LogP contribution is 2.23. The molecule has 2 aromatic rings. The maximum absolute atomic E-state index is 5.67. The maximum Gasteiger partial charge on any atom is 0.122 e. The van der Waals surface area contributed by atoms with Crippen molar-refractivity contribution in [1.29, 1.82) is 0 Å². The van der Waals surface area contributed by atoms with Gasteiger partial charge in [0, 0.05) is 25.0 Å². The maximum atomic E-state index is 5.67. The van der Waals surface area contributed by atoms with Gasteiger partial charge in [-0.1, -0.05) is 36.5 Å². The zero-order chi connectivity index (χ0) is 13.9. The van der Waals surface area contributed by atoms with E-state index in [1.54, 1.807) is 6.20 Å². The Kier molecular flexibility index (Phi) is 3.65. The minimum atomic E-state index is 0.349. The molecule has 102 valence electrons. The molecule has 4 heteroatoms. The van der Waals surface area contributed by atoms with Crippen molar-refractivity contribution in [2.75, 3.05) is 11.4 Å². The molecule has 0 saturated carbocycles. The molecule has 0 radical (unpaired) electrons. The third-order valence-corrected chi connectivity index (χ3v) is 3.92. The second kappa shape index (κ2) is 5.59. The fourth-order valence-electron chi connectivity index (χ4n) is 2.67. The Morgan fingerprint density at radius 2 is 2.00 bits per heavy atom. The van der Waals surface area contributed by atoms with Crippen LogP contribution in [0.25, 0.3) is 0 Å². The van der Waals surface area contributed by atoms with E-state index in [0.717, 1.165) is 31.6 Å². The van der Waals surface area contributed by atoms with Gasteiger partial charge in [-0.05, 0) is 36.1 Å². The summed E-state index contributed by atoms with van der Waals surface area (Å²) < 4.78 is 0. The van der Waals surface area contributed by atoms with Crippen molar-refractivity contribution in [2.24, 2.45) is 5.73 Å². The number of nitrogens with zero attached hydrogens (tertiary/aromatic N) is 2. The second-order valence-corrected chi connectivity index (χ2v) is 5.50. The monoisotopic (exact) mass is 283 g/mol. The summed E-state index contributed by atoms with van der Waals surface area (Å²) in [6.07, 6.45) is 4.07. The highest BCUT2D eigenvalue weighted by molar-refractivity contribution is 7.80. The Morgan fingerprint density at radius 3 is 2.80 bits per heavy atom. The van der Waals surface area contributed by atoms with Gasteiger partial charge in [-0.3, -0.25) is 4.98 Å². The largest absolute Gasteiger partial charge is 0.388 e. The number of thiocarbonyl (C=S) groups is 1. The summed E-state index contributed by atoms with van der Waals surface area (Å²) in [7, 11) is 0. The van der Waals surface area contributed by atoms with E-state index >= 15 is 0 Å². The molecule has 20 heavy (non-hydrogen) atoms. The SMILES string of the molecule is NC(=S)c1cc(N2CCCc3ccccc3C2)ccn1. The first kappa shape index (κ1) is 13.1.